The van der Waals surface area contributed by atoms with Crippen molar-refractivity contribution in [1.29, 1.82) is 0 Å². The SMILES string of the molecule is CCN(CC)C(=O)c1ccc(Oc2nc(Nc3ccc(OCCCN4CCN(C)CC4)c(F)c3)ncc2C(=O)Nc2ccc(F)c(F)c2F)c(Cl)c1. The van der Waals surface area contributed by atoms with Gasteiger partial charge in [0, 0.05) is 69.3 Å². The molecule has 3 aromatic carbocycles. The number of benzene rings is 3. The maximum atomic E-state index is 15.0. The summed E-state index contributed by atoms with van der Waals surface area (Å²) in [6.07, 6.45) is 1.78. The number of amides is 2. The van der Waals surface area contributed by atoms with Crippen molar-refractivity contribution in [2.45, 2.75) is 20.3 Å². The number of nitrogens with one attached hydrogen (secondary N) is 2. The van der Waals surface area contributed by atoms with Gasteiger partial charge in [-0.3, -0.25) is 9.59 Å². The van der Waals surface area contributed by atoms with Crippen LogP contribution in [0.15, 0.2) is 54.7 Å². The lowest BCUT2D eigenvalue weighted by atomic mass is 10.2. The van der Waals surface area contributed by atoms with Crippen LogP contribution in [0.5, 0.6) is 17.4 Å². The summed E-state index contributed by atoms with van der Waals surface area (Å²) in [4.78, 5) is 40.7. The summed E-state index contributed by atoms with van der Waals surface area (Å²) in [6.45, 7) is 9.82. The van der Waals surface area contributed by atoms with E-state index in [1.807, 2.05) is 13.8 Å². The van der Waals surface area contributed by atoms with E-state index in [9.17, 15) is 22.8 Å². The van der Waals surface area contributed by atoms with Gasteiger partial charge in [-0.25, -0.2) is 22.5 Å². The first-order valence-electron chi connectivity index (χ1n) is 16.7. The van der Waals surface area contributed by atoms with Gasteiger partial charge < -0.3 is 34.8 Å². The van der Waals surface area contributed by atoms with Crippen LogP contribution in [0.4, 0.5) is 34.9 Å². The summed E-state index contributed by atoms with van der Waals surface area (Å²) in [5.41, 5.74) is -0.457. The third-order valence-corrected chi connectivity index (χ3v) is 8.67. The molecule has 1 aliphatic heterocycles. The van der Waals surface area contributed by atoms with Crippen molar-refractivity contribution in [3.8, 4) is 17.4 Å². The predicted octanol–water partition coefficient (Wildman–Crippen LogP) is 6.97. The van der Waals surface area contributed by atoms with E-state index in [1.165, 1.54) is 30.3 Å². The fraction of sp³-hybridized carbons (Fsp3) is 0.333. The quantitative estimate of drug-likeness (QED) is 0.0804. The summed E-state index contributed by atoms with van der Waals surface area (Å²) >= 11 is 6.48. The molecule has 0 saturated carbocycles. The normalized spacial score (nSPS) is 13.5. The molecule has 1 fully saturated rings. The Kier molecular flexibility index (Phi) is 12.9. The number of piperazine rings is 1. The molecule has 4 aromatic rings. The van der Waals surface area contributed by atoms with Crippen molar-refractivity contribution in [3.05, 3.63) is 94.1 Å². The highest BCUT2D eigenvalue weighted by Crippen LogP contribution is 2.33. The molecule has 0 radical (unpaired) electrons. The molecule has 1 aromatic heterocycles. The minimum absolute atomic E-state index is 0.00404. The lowest BCUT2D eigenvalue weighted by molar-refractivity contribution is 0.0772. The smallest absolute Gasteiger partial charge is 0.262 e. The molecule has 0 spiro atoms. The van der Waals surface area contributed by atoms with Crippen molar-refractivity contribution in [2.24, 2.45) is 0 Å². The molecule has 16 heteroatoms. The highest BCUT2D eigenvalue weighted by atomic mass is 35.5. The van der Waals surface area contributed by atoms with Gasteiger partial charge in [0.05, 0.1) is 17.3 Å². The Hall–Kier alpha value is -4.99. The molecule has 5 rings (SSSR count). The van der Waals surface area contributed by atoms with Crippen molar-refractivity contribution < 1.29 is 36.6 Å². The van der Waals surface area contributed by atoms with Crippen molar-refractivity contribution in [2.75, 3.05) is 70.1 Å². The Morgan fingerprint density at radius 2 is 1.65 bits per heavy atom. The molecule has 1 aliphatic rings. The van der Waals surface area contributed by atoms with Gasteiger partial charge in [0.25, 0.3) is 11.8 Å². The number of hydrogen-bond donors (Lipinski definition) is 2. The topological polar surface area (TPSA) is 112 Å². The van der Waals surface area contributed by atoms with E-state index in [0.717, 1.165) is 51.4 Å². The number of aromatic nitrogens is 2. The zero-order valence-electron chi connectivity index (χ0n) is 28.8. The largest absolute Gasteiger partial charge is 0.490 e. The van der Waals surface area contributed by atoms with E-state index >= 15 is 4.39 Å². The summed E-state index contributed by atoms with van der Waals surface area (Å²) in [7, 11) is 2.09. The number of rotatable bonds is 14. The van der Waals surface area contributed by atoms with Crippen molar-refractivity contribution >= 4 is 40.7 Å². The van der Waals surface area contributed by atoms with Crippen molar-refractivity contribution in [3.63, 3.8) is 0 Å². The first-order chi connectivity index (χ1) is 25.0. The maximum Gasteiger partial charge on any atom is 0.262 e. The first kappa shape index (κ1) is 38.2. The molecule has 2 N–H and O–H groups in total. The zero-order chi connectivity index (χ0) is 37.4. The lowest BCUT2D eigenvalue weighted by Gasteiger charge is -2.32. The van der Waals surface area contributed by atoms with Gasteiger partial charge in [0.15, 0.2) is 29.0 Å². The van der Waals surface area contributed by atoms with Crippen LogP contribution in [0.2, 0.25) is 5.02 Å². The third-order valence-electron chi connectivity index (χ3n) is 8.38. The van der Waals surface area contributed by atoms with Gasteiger partial charge >= 0.3 is 0 Å². The molecule has 0 unspecified atom stereocenters. The Bertz CT molecular complexity index is 1910. The number of nitrogens with zero attached hydrogens (tertiary/aromatic N) is 5. The number of carbonyl (C=O) groups excluding carboxylic acids is 2. The molecule has 11 nitrogen and oxygen atoms in total. The fourth-order valence-electron chi connectivity index (χ4n) is 5.35. The van der Waals surface area contributed by atoms with E-state index in [-0.39, 0.29) is 45.5 Å². The number of halogens is 5. The first-order valence-corrected chi connectivity index (χ1v) is 17.0. The van der Waals surface area contributed by atoms with Gasteiger partial charge in [-0.1, -0.05) is 11.6 Å². The van der Waals surface area contributed by atoms with Crippen LogP contribution in [-0.2, 0) is 0 Å². The Morgan fingerprint density at radius 3 is 2.35 bits per heavy atom. The monoisotopic (exact) mass is 743 g/mol. The molecule has 0 aliphatic carbocycles. The average molecular weight is 744 g/mol. The molecule has 0 bridgehead atoms. The van der Waals surface area contributed by atoms with E-state index < -0.39 is 34.9 Å². The van der Waals surface area contributed by atoms with E-state index in [4.69, 9.17) is 21.1 Å². The lowest BCUT2D eigenvalue weighted by Crippen LogP contribution is -2.44. The van der Waals surface area contributed by atoms with Crippen LogP contribution in [0.3, 0.4) is 0 Å². The van der Waals surface area contributed by atoms with E-state index in [1.54, 1.807) is 11.0 Å². The Labute approximate surface area is 303 Å². The van der Waals surface area contributed by atoms with Crippen LogP contribution in [0, 0.1) is 23.3 Å². The highest BCUT2D eigenvalue weighted by molar-refractivity contribution is 6.32. The average Bonchev–Trinajstić information content (AvgIpc) is 3.13. The van der Waals surface area contributed by atoms with Crippen LogP contribution in [-0.4, -0.2) is 95.9 Å². The van der Waals surface area contributed by atoms with E-state index in [2.05, 4.69) is 37.4 Å². The third kappa shape index (κ3) is 9.46. The molecule has 2 heterocycles. The summed E-state index contributed by atoms with van der Waals surface area (Å²) in [5.74, 6) is -7.19. The molecule has 1 saturated heterocycles. The van der Waals surface area contributed by atoms with Crippen LogP contribution >= 0.6 is 11.6 Å². The molecular formula is C36H38ClF4N7O4. The predicted molar refractivity (Wildman–Crippen MR) is 189 cm³/mol. The van der Waals surface area contributed by atoms with Crippen LogP contribution in [0.25, 0.3) is 0 Å². The van der Waals surface area contributed by atoms with Gasteiger partial charge in [-0.2, -0.15) is 4.98 Å². The molecule has 276 valence electrons. The molecular weight excluding hydrogens is 706 g/mol. The second-order valence-corrected chi connectivity index (χ2v) is 12.3. The van der Waals surface area contributed by atoms with Gasteiger partial charge in [0.2, 0.25) is 11.8 Å². The second kappa shape index (κ2) is 17.5. The van der Waals surface area contributed by atoms with Crippen molar-refractivity contribution in [1.82, 2.24) is 24.7 Å². The zero-order valence-corrected chi connectivity index (χ0v) is 29.6. The van der Waals surface area contributed by atoms with Crippen LogP contribution < -0.4 is 20.1 Å². The van der Waals surface area contributed by atoms with Gasteiger partial charge in [0.1, 0.15) is 11.3 Å². The minimum atomic E-state index is -1.77. The number of hydrogen-bond acceptors (Lipinski definition) is 9. The van der Waals surface area contributed by atoms with Gasteiger partial charge in [-0.05, 0) is 69.8 Å². The van der Waals surface area contributed by atoms with Gasteiger partial charge in [-0.15, -0.1) is 0 Å². The standard InChI is InChI=1S/C36H38ClF4N7O4/c1-4-48(5-2)35(50)22-7-11-29(25(37)19-22)52-34-24(33(49)44-28-10-9-26(38)31(40)32(28)41)21-42-36(45-34)43-23-8-12-30(27(39)20-23)51-18-6-13-47-16-14-46(3)15-17-47/h7-12,19-21H,4-6,13-18H2,1-3H3,(H,44,49)(H,42,43,45). The summed E-state index contributed by atoms with van der Waals surface area (Å²) in [5, 5.41) is 5.00. The second-order valence-electron chi connectivity index (χ2n) is 11.9. The minimum Gasteiger partial charge on any atom is -0.490 e. The number of ether oxygens (including phenoxy) is 2. The summed E-state index contributed by atoms with van der Waals surface area (Å²) < 4.78 is 68.4. The molecule has 0 atom stereocenters. The number of anilines is 3. The number of likely N-dealkylation sites (N-methyl/N-ethyl adjacent to an activating group) is 1. The van der Waals surface area contributed by atoms with E-state index in [0.29, 0.717) is 31.3 Å². The fourth-order valence-corrected chi connectivity index (χ4v) is 5.57. The number of carbonyl (C=O) groups is 2. The van der Waals surface area contributed by atoms with Crippen LogP contribution in [0.1, 0.15) is 41.0 Å². The Balaban J connectivity index is 1.34. The highest BCUT2D eigenvalue weighted by Gasteiger charge is 2.23. The Morgan fingerprint density at radius 1 is 0.923 bits per heavy atom. The summed E-state index contributed by atoms with van der Waals surface area (Å²) in [6, 6.07) is 9.99. The molecule has 2 amide bonds. The molecule has 52 heavy (non-hydrogen) atoms. The maximum absolute atomic E-state index is 15.0.